The third kappa shape index (κ3) is 3.57. The summed E-state index contributed by atoms with van der Waals surface area (Å²) in [5.74, 6) is 0.635. The van der Waals surface area contributed by atoms with Crippen molar-refractivity contribution >= 4 is 17.4 Å². The fraction of sp³-hybridized carbons (Fsp3) is 0.0476. The molecule has 0 spiro atoms. The third-order valence-electron chi connectivity index (χ3n) is 4.50. The zero-order valence-corrected chi connectivity index (χ0v) is 16.9. The van der Waals surface area contributed by atoms with Crippen LogP contribution in [-0.2, 0) is 6.54 Å². The van der Waals surface area contributed by atoms with E-state index in [0.29, 0.717) is 39.6 Å². The molecule has 0 amide bonds. The molecule has 0 radical (unpaired) electrons. The van der Waals surface area contributed by atoms with E-state index in [9.17, 15) is 4.39 Å². The predicted molar refractivity (Wildman–Crippen MR) is 114 cm³/mol. The molecule has 10 heteroatoms. The fourth-order valence-corrected chi connectivity index (χ4v) is 3.90. The van der Waals surface area contributed by atoms with E-state index in [2.05, 4.69) is 37.1 Å². The van der Waals surface area contributed by atoms with Gasteiger partial charge in [0.1, 0.15) is 10.8 Å². The third-order valence-corrected chi connectivity index (χ3v) is 5.41. The van der Waals surface area contributed by atoms with Crippen molar-refractivity contribution in [2.45, 2.75) is 16.7 Å². The van der Waals surface area contributed by atoms with E-state index in [0.717, 1.165) is 5.56 Å². The van der Waals surface area contributed by atoms with Crippen LogP contribution in [0.5, 0.6) is 0 Å². The number of hydrogen-bond donors (Lipinski definition) is 0. The second kappa shape index (κ2) is 8.07. The number of halogens is 1. The van der Waals surface area contributed by atoms with Gasteiger partial charge in [0.25, 0.3) is 0 Å². The highest BCUT2D eigenvalue weighted by Gasteiger charge is 2.17. The van der Waals surface area contributed by atoms with Crippen LogP contribution in [0.4, 0.5) is 4.39 Å². The van der Waals surface area contributed by atoms with Crippen LogP contribution in [0.2, 0.25) is 0 Å². The van der Waals surface area contributed by atoms with Gasteiger partial charge in [-0.05, 0) is 48.2 Å². The van der Waals surface area contributed by atoms with Crippen LogP contribution in [-0.4, -0.2) is 39.6 Å². The first-order valence-corrected chi connectivity index (χ1v) is 10.2. The Kier molecular flexibility index (Phi) is 4.97. The van der Waals surface area contributed by atoms with Crippen LogP contribution in [0.3, 0.4) is 0 Å². The molecule has 0 fully saturated rings. The normalized spacial score (nSPS) is 11.1. The maximum atomic E-state index is 14.3. The summed E-state index contributed by atoms with van der Waals surface area (Å²) in [5, 5.41) is 22.7. The minimum absolute atomic E-state index is 0.332. The zero-order chi connectivity index (χ0) is 21.2. The molecule has 0 unspecified atom stereocenters. The number of fused-ring (bicyclic) bond motifs is 1. The Balaban J connectivity index is 1.54. The lowest BCUT2D eigenvalue weighted by molar-refractivity contribution is 0.629. The van der Waals surface area contributed by atoms with Crippen molar-refractivity contribution in [1.82, 2.24) is 39.6 Å². The van der Waals surface area contributed by atoms with E-state index >= 15 is 0 Å². The molecule has 0 N–H and O–H groups in total. The summed E-state index contributed by atoms with van der Waals surface area (Å²) in [6, 6.07) is 13.8. The lowest BCUT2D eigenvalue weighted by atomic mass is 10.2. The highest BCUT2D eigenvalue weighted by Crippen LogP contribution is 2.29. The van der Waals surface area contributed by atoms with Gasteiger partial charge in [0.15, 0.2) is 22.5 Å². The van der Waals surface area contributed by atoms with Crippen molar-refractivity contribution in [2.75, 3.05) is 0 Å². The molecule has 0 atom stereocenters. The quantitative estimate of drug-likeness (QED) is 0.377. The van der Waals surface area contributed by atoms with Crippen molar-refractivity contribution < 1.29 is 4.39 Å². The summed E-state index contributed by atoms with van der Waals surface area (Å²) in [6.45, 7) is 4.36. The van der Waals surface area contributed by atoms with Crippen LogP contribution in [0.15, 0.2) is 83.8 Å². The Labute approximate surface area is 180 Å². The molecule has 4 aromatic heterocycles. The van der Waals surface area contributed by atoms with E-state index in [1.165, 1.54) is 22.3 Å². The number of allylic oxidation sites excluding steroid dienone is 1. The van der Waals surface area contributed by atoms with Crippen LogP contribution < -0.4 is 0 Å². The molecule has 0 saturated heterocycles. The molecule has 5 aromatic rings. The van der Waals surface area contributed by atoms with Gasteiger partial charge in [-0.15, -0.1) is 27.0 Å². The molecule has 152 valence electrons. The summed E-state index contributed by atoms with van der Waals surface area (Å²) >= 11 is 1.34. The van der Waals surface area contributed by atoms with E-state index in [-0.39, 0.29) is 5.82 Å². The predicted octanol–water partition coefficient (Wildman–Crippen LogP) is 3.92. The largest absolute Gasteiger partial charge is 0.298 e. The highest BCUT2D eigenvalue weighted by atomic mass is 32.2. The molecule has 0 saturated carbocycles. The number of hydrogen-bond acceptors (Lipinski definition) is 7. The molecule has 0 aliphatic rings. The average Bonchev–Trinajstić information content (AvgIpc) is 3.39. The van der Waals surface area contributed by atoms with Crippen molar-refractivity contribution in [2.24, 2.45) is 0 Å². The monoisotopic (exact) mass is 430 g/mol. The van der Waals surface area contributed by atoms with E-state index in [4.69, 9.17) is 0 Å². The Bertz CT molecular complexity index is 1380. The lowest BCUT2D eigenvalue weighted by Gasteiger charge is -2.07. The molecular weight excluding hydrogens is 415 g/mol. The molecule has 0 bridgehead atoms. The SMILES string of the molecule is C=CCn1c(Sc2ccc3nnc(-c4ccccc4F)n3n2)nnc1-c1cccnc1. The van der Waals surface area contributed by atoms with Gasteiger partial charge in [-0.1, -0.05) is 18.2 Å². The van der Waals surface area contributed by atoms with Gasteiger partial charge in [-0.25, -0.2) is 4.39 Å². The topological polar surface area (TPSA) is 86.7 Å². The van der Waals surface area contributed by atoms with Gasteiger partial charge in [0.05, 0.1) is 5.56 Å². The van der Waals surface area contributed by atoms with E-state index < -0.39 is 0 Å². The summed E-state index contributed by atoms with van der Waals surface area (Å²) < 4.78 is 17.7. The smallest absolute Gasteiger partial charge is 0.198 e. The van der Waals surface area contributed by atoms with Crippen molar-refractivity contribution in [3.63, 3.8) is 0 Å². The summed E-state index contributed by atoms with van der Waals surface area (Å²) in [4.78, 5) is 4.16. The van der Waals surface area contributed by atoms with Gasteiger partial charge in [-0.3, -0.25) is 9.55 Å². The Hall–Kier alpha value is -3.92. The second-order valence-electron chi connectivity index (χ2n) is 6.49. The molecule has 8 nitrogen and oxygen atoms in total. The number of nitrogens with zero attached hydrogens (tertiary/aromatic N) is 8. The molecule has 0 aliphatic heterocycles. The highest BCUT2D eigenvalue weighted by molar-refractivity contribution is 7.99. The molecular formula is C21H15FN8S. The van der Waals surface area contributed by atoms with Crippen molar-refractivity contribution in [1.29, 1.82) is 0 Å². The summed E-state index contributed by atoms with van der Waals surface area (Å²) in [7, 11) is 0. The van der Waals surface area contributed by atoms with Gasteiger partial charge in [0, 0.05) is 24.5 Å². The fourth-order valence-electron chi connectivity index (χ4n) is 3.10. The maximum Gasteiger partial charge on any atom is 0.198 e. The minimum atomic E-state index is -0.386. The average molecular weight is 430 g/mol. The van der Waals surface area contributed by atoms with Crippen LogP contribution in [0.25, 0.3) is 28.4 Å². The molecule has 4 heterocycles. The maximum absolute atomic E-state index is 14.3. The first-order valence-electron chi connectivity index (χ1n) is 9.34. The molecule has 5 rings (SSSR count). The van der Waals surface area contributed by atoms with E-state index in [1.807, 2.05) is 22.8 Å². The number of benzene rings is 1. The Morgan fingerprint density at radius 3 is 2.65 bits per heavy atom. The lowest BCUT2D eigenvalue weighted by Crippen LogP contribution is -2.02. The first-order chi connectivity index (χ1) is 15.2. The standard InChI is InChI=1S/C21H15FN8S/c1-2-12-29-19(14-6-5-11-23-13-14)25-27-21(29)31-18-10-9-17-24-26-20(30(17)28-18)15-7-3-4-8-16(15)22/h2-11,13H,1,12H2. The van der Waals surface area contributed by atoms with Gasteiger partial charge < -0.3 is 0 Å². The van der Waals surface area contributed by atoms with Crippen molar-refractivity contribution in [3.05, 3.63) is 79.4 Å². The van der Waals surface area contributed by atoms with Gasteiger partial charge >= 0.3 is 0 Å². The number of aromatic nitrogens is 8. The minimum Gasteiger partial charge on any atom is -0.298 e. The second-order valence-corrected chi connectivity index (χ2v) is 7.48. The molecule has 31 heavy (non-hydrogen) atoms. The van der Waals surface area contributed by atoms with Crippen molar-refractivity contribution in [3.8, 4) is 22.8 Å². The van der Waals surface area contributed by atoms with E-state index in [1.54, 1.807) is 42.7 Å². The first kappa shape index (κ1) is 19.1. The molecule has 1 aromatic carbocycles. The molecule has 0 aliphatic carbocycles. The number of pyridine rings is 1. The Morgan fingerprint density at radius 2 is 1.84 bits per heavy atom. The van der Waals surface area contributed by atoms with Crippen LogP contribution >= 0.6 is 11.8 Å². The summed E-state index contributed by atoms with van der Waals surface area (Å²) in [5.41, 5.74) is 1.71. The van der Waals surface area contributed by atoms with Gasteiger partial charge in [-0.2, -0.15) is 9.61 Å². The summed E-state index contributed by atoms with van der Waals surface area (Å²) in [6.07, 6.45) is 5.22. The zero-order valence-electron chi connectivity index (χ0n) is 16.1. The Morgan fingerprint density at radius 1 is 0.968 bits per heavy atom. The number of rotatable bonds is 6. The van der Waals surface area contributed by atoms with Crippen LogP contribution in [0.1, 0.15) is 0 Å². The van der Waals surface area contributed by atoms with Crippen LogP contribution in [0, 0.1) is 5.82 Å². The van der Waals surface area contributed by atoms with Gasteiger partial charge in [0.2, 0.25) is 0 Å².